The fourth-order valence-corrected chi connectivity index (χ4v) is 0.743. The molecule has 0 atom stereocenters. The van der Waals surface area contributed by atoms with Crippen molar-refractivity contribution in [2.45, 2.75) is 20.3 Å². The molecule has 0 aromatic carbocycles. The number of carbonyl (C=O) groups is 1. The molecule has 0 radical (unpaired) electrons. The minimum Gasteiger partial charge on any atom is -0.340 e. The number of allylic oxidation sites excluding steroid dienone is 2. The van der Waals surface area contributed by atoms with Gasteiger partial charge in [-0.2, -0.15) is 0 Å². The van der Waals surface area contributed by atoms with Gasteiger partial charge in [0, 0.05) is 5.57 Å². The number of nitrogens with two attached hydrogens (primary N) is 1. The van der Waals surface area contributed by atoms with Crippen LogP contribution in [0.3, 0.4) is 0 Å². The van der Waals surface area contributed by atoms with Crippen LogP contribution in [0.5, 0.6) is 0 Å². The van der Waals surface area contributed by atoms with E-state index >= 15 is 0 Å². The fraction of sp³-hybridized carbons (Fsp3) is 0.444. The van der Waals surface area contributed by atoms with E-state index in [0.29, 0.717) is 5.57 Å². The lowest BCUT2D eigenvalue weighted by Crippen LogP contribution is -2.30. The molecule has 0 rings (SSSR count). The first-order valence-corrected chi connectivity index (χ1v) is 4.07. The lowest BCUT2D eigenvalue weighted by atomic mass is 10.2. The summed E-state index contributed by atoms with van der Waals surface area (Å²) in [6.07, 6.45) is 6.42. The van der Waals surface area contributed by atoms with Gasteiger partial charge >= 0.3 is 0 Å². The van der Waals surface area contributed by atoms with Crippen LogP contribution in [-0.2, 0) is 4.79 Å². The van der Waals surface area contributed by atoms with E-state index in [4.69, 9.17) is 5.73 Å². The van der Waals surface area contributed by atoms with E-state index in [-0.39, 0.29) is 12.6 Å². The second-order valence-electron chi connectivity index (χ2n) is 2.26. The van der Waals surface area contributed by atoms with Gasteiger partial charge in [-0.05, 0) is 13.3 Å². The molecular formula is C9H16N2O. The Bertz CT molecular complexity index is 195. The van der Waals surface area contributed by atoms with Crippen LogP contribution in [0.4, 0.5) is 0 Å². The molecule has 68 valence electrons. The van der Waals surface area contributed by atoms with Crippen molar-refractivity contribution < 1.29 is 4.79 Å². The van der Waals surface area contributed by atoms with Crippen LogP contribution in [0.2, 0.25) is 0 Å². The van der Waals surface area contributed by atoms with Crippen molar-refractivity contribution in [2.24, 2.45) is 5.73 Å². The molecule has 0 heterocycles. The Labute approximate surface area is 73.3 Å². The Morgan fingerprint density at radius 2 is 2.25 bits per heavy atom. The summed E-state index contributed by atoms with van der Waals surface area (Å²) >= 11 is 0. The molecule has 0 aromatic heterocycles. The predicted octanol–water partition coefficient (Wildman–Crippen LogP) is 0.931. The van der Waals surface area contributed by atoms with Crippen molar-refractivity contribution in [2.75, 3.05) is 6.67 Å². The molecule has 0 aliphatic heterocycles. The van der Waals surface area contributed by atoms with Gasteiger partial charge in [0.15, 0.2) is 0 Å². The molecule has 0 saturated carbocycles. The van der Waals surface area contributed by atoms with Crippen LogP contribution in [0.25, 0.3) is 0 Å². The minimum atomic E-state index is -0.121. The number of hydrogen-bond donors (Lipinski definition) is 2. The number of rotatable bonds is 4. The first kappa shape index (κ1) is 10.9. The van der Waals surface area contributed by atoms with Crippen LogP contribution >= 0.6 is 0 Å². The zero-order valence-corrected chi connectivity index (χ0v) is 7.63. The molecule has 3 nitrogen and oxygen atoms in total. The third-order valence-corrected chi connectivity index (χ3v) is 1.37. The first-order chi connectivity index (χ1) is 5.76. The largest absolute Gasteiger partial charge is 0.340 e. The molecule has 0 saturated heterocycles. The smallest absolute Gasteiger partial charge is 0.251 e. The molecule has 0 aliphatic rings. The molecule has 3 heteroatoms. The van der Waals surface area contributed by atoms with Gasteiger partial charge < -0.3 is 11.1 Å². The Balaban J connectivity index is 4.17. The van der Waals surface area contributed by atoms with Gasteiger partial charge in [-0.1, -0.05) is 25.2 Å². The summed E-state index contributed by atoms with van der Waals surface area (Å²) in [5.41, 5.74) is 5.82. The number of carbonyl (C=O) groups excluding carboxylic acids is 1. The average molecular weight is 168 g/mol. The maximum atomic E-state index is 11.2. The second-order valence-corrected chi connectivity index (χ2v) is 2.26. The van der Waals surface area contributed by atoms with Crippen LogP contribution in [-0.4, -0.2) is 12.6 Å². The molecule has 3 N–H and O–H groups in total. The van der Waals surface area contributed by atoms with Gasteiger partial charge in [0.25, 0.3) is 5.91 Å². The zero-order valence-electron chi connectivity index (χ0n) is 7.63. The summed E-state index contributed by atoms with van der Waals surface area (Å²) in [6, 6.07) is 0. The normalized spacial score (nSPS) is 12.1. The van der Waals surface area contributed by atoms with Crippen molar-refractivity contribution >= 4 is 5.91 Å². The van der Waals surface area contributed by atoms with Crippen molar-refractivity contribution in [3.63, 3.8) is 0 Å². The van der Waals surface area contributed by atoms with Gasteiger partial charge in [-0.15, -0.1) is 0 Å². The summed E-state index contributed by atoms with van der Waals surface area (Å²) in [4.78, 5) is 11.2. The Morgan fingerprint density at radius 3 is 2.67 bits per heavy atom. The van der Waals surface area contributed by atoms with Gasteiger partial charge in [0.2, 0.25) is 0 Å². The summed E-state index contributed by atoms with van der Waals surface area (Å²) in [5.74, 6) is -0.121. The van der Waals surface area contributed by atoms with Gasteiger partial charge in [0.1, 0.15) is 0 Å². The van der Waals surface area contributed by atoms with E-state index in [1.807, 2.05) is 19.9 Å². The Morgan fingerprint density at radius 1 is 1.58 bits per heavy atom. The van der Waals surface area contributed by atoms with Crippen molar-refractivity contribution in [3.8, 4) is 0 Å². The van der Waals surface area contributed by atoms with Crippen LogP contribution in [0, 0.1) is 0 Å². The van der Waals surface area contributed by atoms with Crippen LogP contribution in [0.1, 0.15) is 20.3 Å². The Kier molecular flexibility index (Phi) is 6.01. The molecule has 0 fully saturated rings. The van der Waals surface area contributed by atoms with Crippen LogP contribution < -0.4 is 11.1 Å². The lowest BCUT2D eigenvalue weighted by molar-refractivity contribution is -0.117. The molecule has 0 spiro atoms. The van der Waals surface area contributed by atoms with Crippen molar-refractivity contribution in [1.29, 1.82) is 0 Å². The first-order valence-electron chi connectivity index (χ1n) is 4.07. The minimum absolute atomic E-state index is 0.121. The quantitative estimate of drug-likeness (QED) is 0.373. The molecule has 1 amide bonds. The standard InChI is InChI=1S/C9H16N2O/c1-3-5-6-8(4-2)9(12)11-7-10/h4-6H,3,7,10H2,1-2H3,(H,11,12)/b6-5-,8-4+. The van der Waals surface area contributed by atoms with Crippen LogP contribution in [0.15, 0.2) is 23.8 Å². The molecule has 0 aliphatic carbocycles. The molecular weight excluding hydrogens is 152 g/mol. The van der Waals surface area contributed by atoms with E-state index in [1.165, 1.54) is 0 Å². The Hall–Kier alpha value is -1.09. The summed E-state index contributed by atoms with van der Waals surface area (Å²) in [7, 11) is 0. The maximum absolute atomic E-state index is 11.2. The fourth-order valence-electron chi connectivity index (χ4n) is 0.743. The highest BCUT2D eigenvalue weighted by Gasteiger charge is 2.01. The van der Waals surface area contributed by atoms with Crippen molar-refractivity contribution in [1.82, 2.24) is 5.32 Å². The van der Waals surface area contributed by atoms with E-state index in [1.54, 1.807) is 12.2 Å². The molecule has 0 unspecified atom stereocenters. The number of nitrogens with one attached hydrogen (secondary N) is 1. The second kappa shape index (κ2) is 6.61. The number of hydrogen-bond acceptors (Lipinski definition) is 2. The molecule has 0 bridgehead atoms. The highest BCUT2D eigenvalue weighted by atomic mass is 16.1. The topological polar surface area (TPSA) is 55.1 Å². The van der Waals surface area contributed by atoms with E-state index in [2.05, 4.69) is 5.32 Å². The summed E-state index contributed by atoms with van der Waals surface area (Å²) in [6.45, 7) is 4.02. The van der Waals surface area contributed by atoms with Gasteiger partial charge in [-0.25, -0.2) is 0 Å². The predicted molar refractivity (Wildman–Crippen MR) is 50.4 cm³/mol. The summed E-state index contributed by atoms with van der Waals surface area (Å²) < 4.78 is 0. The monoisotopic (exact) mass is 168 g/mol. The SMILES string of the molecule is C/C=C(\C=C/CC)C(=O)NCN. The summed E-state index contributed by atoms with van der Waals surface area (Å²) in [5, 5.41) is 2.52. The van der Waals surface area contributed by atoms with E-state index in [9.17, 15) is 4.79 Å². The zero-order chi connectivity index (χ0) is 9.40. The molecule has 0 aromatic rings. The highest BCUT2D eigenvalue weighted by Crippen LogP contribution is 1.97. The average Bonchev–Trinajstić information content (AvgIpc) is 2.06. The highest BCUT2D eigenvalue weighted by molar-refractivity contribution is 5.95. The third-order valence-electron chi connectivity index (χ3n) is 1.37. The lowest BCUT2D eigenvalue weighted by Gasteiger charge is -2.00. The van der Waals surface area contributed by atoms with Crippen molar-refractivity contribution in [3.05, 3.63) is 23.8 Å². The van der Waals surface area contributed by atoms with E-state index < -0.39 is 0 Å². The number of amides is 1. The van der Waals surface area contributed by atoms with Gasteiger partial charge in [0.05, 0.1) is 6.67 Å². The third kappa shape index (κ3) is 3.93. The van der Waals surface area contributed by atoms with Gasteiger partial charge in [-0.3, -0.25) is 4.79 Å². The maximum Gasteiger partial charge on any atom is 0.251 e. The van der Waals surface area contributed by atoms with E-state index in [0.717, 1.165) is 6.42 Å². The molecule has 12 heavy (non-hydrogen) atoms.